The van der Waals surface area contributed by atoms with Crippen LogP contribution in [0.25, 0.3) is 0 Å². The Morgan fingerprint density at radius 2 is 2.00 bits per heavy atom. The molecule has 2 rings (SSSR count). The molecule has 0 aromatic heterocycles. The number of hydrogen-bond donors (Lipinski definition) is 0. The van der Waals surface area contributed by atoms with Crippen molar-refractivity contribution in [1.29, 1.82) is 0 Å². The highest BCUT2D eigenvalue weighted by molar-refractivity contribution is 6.01. The fourth-order valence-electron chi connectivity index (χ4n) is 2.67. The summed E-state index contributed by atoms with van der Waals surface area (Å²) in [4.78, 5) is 26.3. The van der Waals surface area contributed by atoms with Crippen LogP contribution in [-0.4, -0.2) is 36.8 Å². The molecular formula is C17H23NO3. The zero-order valence-electron chi connectivity index (χ0n) is 12.9. The van der Waals surface area contributed by atoms with E-state index in [4.69, 9.17) is 4.74 Å². The van der Waals surface area contributed by atoms with E-state index in [9.17, 15) is 9.59 Å². The Morgan fingerprint density at radius 3 is 2.76 bits per heavy atom. The lowest BCUT2D eigenvalue weighted by Gasteiger charge is -2.24. The number of rotatable bonds is 4. The molecule has 0 spiro atoms. The molecule has 1 saturated heterocycles. The van der Waals surface area contributed by atoms with Crippen LogP contribution in [0.15, 0.2) is 18.2 Å². The van der Waals surface area contributed by atoms with Crippen molar-refractivity contribution in [2.75, 3.05) is 20.2 Å². The number of carbonyl (C=O) groups is 2. The van der Waals surface area contributed by atoms with Crippen molar-refractivity contribution in [2.45, 2.75) is 39.0 Å². The molecule has 114 valence electrons. The second-order valence-corrected chi connectivity index (χ2v) is 5.61. The maximum absolute atomic E-state index is 12.5. The van der Waals surface area contributed by atoms with Crippen LogP contribution in [0.3, 0.4) is 0 Å². The maximum Gasteiger partial charge on any atom is 0.222 e. The molecule has 1 aromatic rings. The molecule has 0 atom stereocenters. The average molecular weight is 289 g/mol. The third-order valence-electron chi connectivity index (χ3n) is 3.91. The summed E-state index contributed by atoms with van der Waals surface area (Å²) < 4.78 is 5.28. The molecule has 1 amide bonds. The summed E-state index contributed by atoms with van der Waals surface area (Å²) in [5.41, 5.74) is 1.60. The SMILES string of the molecule is COc1cc(C)ccc1C(=O)CN1CCCCCCC1=O. The van der Waals surface area contributed by atoms with Gasteiger partial charge in [0.1, 0.15) is 5.75 Å². The number of ketones is 1. The Labute approximate surface area is 126 Å². The fraction of sp³-hybridized carbons (Fsp3) is 0.529. The number of aryl methyl sites for hydroxylation is 1. The van der Waals surface area contributed by atoms with Gasteiger partial charge >= 0.3 is 0 Å². The smallest absolute Gasteiger partial charge is 0.222 e. The van der Waals surface area contributed by atoms with Crippen LogP contribution < -0.4 is 4.74 Å². The van der Waals surface area contributed by atoms with Gasteiger partial charge in [-0.2, -0.15) is 0 Å². The van der Waals surface area contributed by atoms with Gasteiger partial charge in [0.25, 0.3) is 0 Å². The summed E-state index contributed by atoms with van der Waals surface area (Å²) in [6.07, 6.45) is 4.70. The molecule has 1 fully saturated rings. The van der Waals surface area contributed by atoms with E-state index in [1.165, 1.54) is 0 Å². The molecule has 4 nitrogen and oxygen atoms in total. The zero-order chi connectivity index (χ0) is 15.2. The minimum absolute atomic E-state index is 0.0548. The van der Waals surface area contributed by atoms with Crippen LogP contribution >= 0.6 is 0 Å². The van der Waals surface area contributed by atoms with Gasteiger partial charge in [-0.15, -0.1) is 0 Å². The highest BCUT2D eigenvalue weighted by Crippen LogP contribution is 2.21. The lowest BCUT2D eigenvalue weighted by atomic mass is 10.0. The van der Waals surface area contributed by atoms with Gasteiger partial charge in [0.15, 0.2) is 5.78 Å². The van der Waals surface area contributed by atoms with Crippen LogP contribution in [0.1, 0.15) is 48.0 Å². The summed E-state index contributed by atoms with van der Waals surface area (Å²) in [6, 6.07) is 5.53. The monoisotopic (exact) mass is 289 g/mol. The Balaban J connectivity index is 2.10. The number of ether oxygens (including phenoxy) is 1. The summed E-state index contributed by atoms with van der Waals surface area (Å²) in [7, 11) is 1.56. The van der Waals surface area contributed by atoms with Gasteiger partial charge in [-0.05, 0) is 37.5 Å². The van der Waals surface area contributed by atoms with Crippen molar-refractivity contribution in [2.24, 2.45) is 0 Å². The van der Waals surface area contributed by atoms with E-state index in [-0.39, 0.29) is 18.2 Å². The van der Waals surface area contributed by atoms with Crippen molar-refractivity contribution < 1.29 is 14.3 Å². The molecule has 0 unspecified atom stereocenters. The Bertz CT molecular complexity index is 525. The molecule has 0 N–H and O–H groups in total. The number of hydrogen-bond acceptors (Lipinski definition) is 3. The Kier molecular flexibility index (Phi) is 5.37. The third-order valence-corrected chi connectivity index (χ3v) is 3.91. The molecular weight excluding hydrogens is 266 g/mol. The summed E-state index contributed by atoms with van der Waals surface area (Å²) >= 11 is 0. The molecule has 1 aliphatic rings. The van der Waals surface area contributed by atoms with Gasteiger partial charge in [-0.3, -0.25) is 9.59 Å². The highest BCUT2D eigenvalue weighted by Gasteiger charge is 2.21. The minimum Gasteiger partial charge on any atom is -0.496 e. The number of Topliss-reactive ketones (excluding diaryl/α,β-unsaturated/α-hetero) is 1. The first-order valence-corrected chi connectivity index (χ1v) is 7.57. The standard InChI is InChI=1S/C17H23NO3/c1-13-8-9-14(16(11-13)21-2)15(19)12-18-10-6-4-3-5-7-17(18)20/h8-9,11H,3-7,10,12H2,1-2H3. The van der Waals surface area contributed by atoms with Gasteiger partial charge in [0.2, 0.25) is 5.91 Å². The zero-order valence-corrected chi connectivity index (χ0v) is 12.9. The number of amides is 1. The molecule has 4 heteroatoms. The third kappa shape index (κ3) is 4.06. The first kappa shape index (κ1) is 15.5. The van der Waals surface area contributed by atoms with Gasteiger partial charge in [-0.25, -0.2) is 0 Å². The van der Waals surface area contributed by atoms with Crippen LogP contribution in [0.2, 0.25) is 0 Å². The predicted octanol–water partition coefficient (Wildman–Crippen LogP) is 2.98. The van der Waals surface area contributed by atoms with Crippen molar-refractivity contribution in [1.82, 2.24) is 4.90 Å². The van der Waals surface area contributed by atoms with Crippen molar-refractivity contribution in [3.05, 3.63) is 29.3 Å². The molecule has 21 heavy (non-hydrogen) atoms. The van der Waals surface area contributed by atoms with Gasteiger partial charge < -0.3 is 9.64 Å². The van der Waals surface area contributed by atoms with E-state index >= 15 is 0 Å². The first-order chi connectivity index (χ1) is 10.1. The van der Waals surface area contributed by atoms with Crippen molar-refractivity contribution in [3.63, 3.8) is 0 Å². The van der Waals surface area contributed by atoms with Gasteiger partial charge in [0, 0.05) is 13.0 Å². The second-order valence-electron chi connectivity index (χ2n) is 5.61. The lowest BCUT2D eigenvalue weighted by molar-refractivity contribution is -0.131. The molecule has 1 heterocycles. The summed E-state index contributed by atoms with van der Waals surface area (Å²) in [5, 5.41) is 0. The first-order valence-electron chi connectivity index (χ1n) is 7.57. The van der Waals surface area contributed by atoms with E-state index < -0.39 is 0 Å². The molecule has 1 aromatic carbocycles. The maximum atomic E-state index is 12.5. The predicted molar refractivity (Wildman–Crippen MR) is 81.7 cm³/mol. The van der Waals surface area contributed by atoms with Gasteiger partial charge in [-0.1, -0.05) is 18.9 Å². The number of nitrogens with zero attached hydrogens (tertiary/aromatic N) is 1. The lowest BCUT2D eigenvalue weighted by Crippen LogP contribution is -2.37. The topological polar surface area (TPSA) is 46.6 Å². The van der Waals surface area contributed by atoms with E-state index in [1.807, 2.05) is 19.1 Å². The molecule has 1 aliphatic heterocycles. The van der Waals surface area contributed by atoms with E-state index in [2.05, 4.69) is 0 Å². The summed E-state index contributed by atoms with van der Waals surface area (Å²) in [6.45, 7) is 2.79. The van der Waals surface area contributed by atoms with E-state index in [1.54, 1.807) is 18.1 Å². The number of methoxy groups -OCH3 is 1. The van der Waals surface area contributed by atoms with Crippen LogP contribution in [0, 0.1) is 6.92 Å². The van der Waals surface area contributed by atoms with Gasteiger partial charge in [0.05, 0.1) is 19.2 Å². The van der Waals surface area contributed by atoms with Crippen LogP contribution in [0.4, 0.5) is 0 Å². The Morgan fingerprint density at radius 1 is 1.24 bits per heavy atom. The average Bonchev–Trinajstić information content (AvgIpc) is 2.46. The van der Waals surface area contributed by atoms with Crippen molar-refractivity contribution >= 4 is 11.7 Å². The minimum atomic E-state index is -0.0548. The van der Waals surface area contributed by atoms with Crippen molar-refractivity contribution in [3.8, 4) is 5.75 Å². The number of benzene rings is 1. The quantitative estimate of drug-likeness (QED) is 0.801. The van der Waals surface area contributed by atoms with E-state index in [0.717, 1.165) is 31.2 Å². The van der Waals surface area contributed by atoms with E-state index in [0.29, 0.717) is 24.3 Å². The Hall–Kier alpha value is -1.84. The highest BCUT2D eigenvalue weighted by atomic mass is 16.5. The normalized spacial score (nSPS) is 16.3. The molecule has 0 aliphatic carbocycles. The largest absolute Gasteiger partial charge is 0.496 e. The van der Waals surface area contributed by atoms with Crippen LogP contribution in [0.5, 0.6) is 5.75 Å². The van der Waals surface area contributed by atoms with Crippen LogP contribution in [-0.2, 0) is 4.79 Å². The number of carbonyl (C=O) groups excluding carboxylic acids is 2. The second kappa shape index (κ2) is 7.25. The molecule has 0 bridgehead atoms. The summed E-state index contributed by atoms with van der Waals surface area (Å²) in [5.74, 6) is 0.620. The molecule has 0 radical (unpaired) electrons. The number of likely N-dealkylation sites (tertiary alicyclic amines) is 1. The fourth-order valence-corrected chi connectivity index (χ4v) is 2.67. The molecule has 0 saturated carbocycles.